The van der Waals surface area contributed by atoms with Gasteiger partial charge in [0, 0.05) is 13.5 Å². The summed E-state index contributed by atoms with van der Waals surface area (Å²) in [5.74, 6) is 1.48. The second-order valence-electron chi connectivity index (χ2n) is 5.66. The number of nitrogens with zero attached hydrogens (tertiary/aromatic N) is 3. The normalized spacial score (nSPS) is 18.5. The van der Waals surface area contributed by atoms with Crippen molar-refractivity contribution in [2.75, 3.05) is 14.2 Å². The first kappa shape index (κ1) is 15.8. The highest BCUT2D eigenvalue weighted by Gasteiger charge is 2.30. The Labute approximate surface area is 134 Å². The van der Waals surface area contributed by atoms with Gasteiger partial charge in [0.1, 0.15) is 11.6 Å². The molecule has 7 nitrogen and oxygen atoms in total. The molecule has 2 heterocycles. The van der Waals surface area contributed by atoms with Gasteiger partial charge in [0.05, 0.1) is 19.7 Å². The van der Waals surface area contributed by atoms with Crippen LogP contribution in [-0.4, -0.2) is 40.0 Å². The SMILES string of the molecule is COc1ccc(Cn2nc3n(c2=O)C(C(O)OC)CCC3)cc1. The van der Waals surface area contributed by atoms with Gasteiger partial charge in [-0.05, 0) is 30.5 Å². The zero-order valence-electron chi connectivity index (χ0n) is 13.3. The number of fused-ring (bicyclic) bond motifs is 1. The van der Waals surface area contributed by atoms with Crippen LogP contribution in [-0.2, 0) is 17.7 Å². The minimum atomic E-state index is -0.995. The third-order valence-corrected chi connectivity index (χ3v) is 4.24. The number of aromatic nitrogens is 3. The predicted molar refractivity (Wildman–Crippen MR) is 83.6 cm³/mol. The number of benzene rings is 1. The largest absolute Gasteiger partial charge is 0.497 e. The summed E-state index contributed by atoms with van der Waals surface area (Å²) in [5.41, 5.74) is 0.754. The highest BCUT2D eigenvalue weighted by atomic mass is 16.6. The molecule has 23 heavy (non-hydrogen) atoms. The van der Waals surface area contributed by atoms with Crippen molar-refractivity contribution in [3.63, 3.8) is 0 Å². The first-order valence-electron chi connectivity index (χ1n) is 7.66. The third kappa shape index (κ3) is 3.02. The van der Waals surface area contributed by atoms with Crippen LogP contribution >= 0.6 is 0 Å². The number of methoxy groups -OCH3 is 2. The number of ether oxygens (including phenoxy) is 2. The maximum atomic E-state index is 12.6. The van der Waals surface area contributed by atoms with Gasteiger partial charge in [-0.15, -0.1) is 0 Å². The lowest BCUT2D eigenvalue weighted by Gasteiger charge is -2.26. The molecule has 1 N–H and O–H groups in total. The van der Waals surface area contributed by atoms with Crippen molar-refractivity contribution in [3.05, 3.63) is 46.1 Å². The van der Waals surface area contributed by atoms with Gasteiger partial charge in [0.2, 0.25) is 0 Å². The average Bonchev–Trinajstić information content (AvgIpc) is 2.91. The quantitative estimate of drug-likeness (QED) is 0.830. The van der Waals surface area contributed by atoms with E-state index in [0.29, 0.717) is 18.8 Å². The van der Waals surface area contributed by atoms with Gasteiger partial charge in [-0.1, -0.05) is 12.1 Å². The van der Waals surface area contributed by atoms with Gasteiger partial charge in [0.25, 0.3) is 0 Å². The van der Waals surface area contributed by atoms with E-state index in [-0.39, 0.29) is 11.7 Å². The summed E-state index contributed by atoms with van der Waals surface area (Å²) in [6.07, 6.45) is 1.32. The molecule has 2 unspecified atom stereocenters. The van der Waals surface area contributed by atoms with Crippen molar-refractivity contribution in [2.24, 2.45) is 0 Å². The Morgan fingerprint density at radius 3 is 2.74 bits per heavy atom. The number of hydrogen-bond acceptors (Lipinski definition) is 5. The van der Waals surface area contributed by atoms with E-state index in [1.54, 1.807) is 11.7 Å². The molecule has 3 rings (SSSR count). The fourth-order valence-corrected chi connectivity index (χ4v) is 3.00. The van der Waals surface area contributed by atoms with E-state index in [2.05, 4.69) is 5.10 Å². The fraction of sp³-hybridized carbons (Fsp3) is 0.500. The van der Waals surface area contributed by atoms with Gasteiger partial charge >= 0.3 is 5.69 Å². The zero-order chi connectivity index (χ0) is 16.4. The van der Waals surface area contributed by atoms with Crippen molar-refractivity contribution < 1.29 is 14.6 Å². The van der Waals surface area contributed by atoms with Crippen molar-refractivity contribution in [2.45, 2.75) is 38.1 Å². The van der Waals surface area contributed by atoms with E-state index in [4.69, 9.17) is 9.47 Å². The molecule has 0 amide bonds. The van der Waals surface area contributed by atoms with Gasteiger partial charge in [-0.25, -0.2) is 9.48 Å². The number of aliphatic hydroxyl groups excluding tert-OH is 1. The Morgan fingerprint density at radius 2 is 2.09 bits per heavy atom. The molecular weight excluding hydrogens is 298 g/mol. The van der Waals surface area contributed by atoms with E-state index in [1.165, 1.54) is 11.8 Å². The summed E-state index contributed by atoms with van der Waals surface area (Å²) in [4.78, 5) is 12.6. The summed E-state index contributed by atoms with van der Waals surface area (Å²) in [6, 6.07) is 7.15. The van der Waals surface area contributed by atoms with Crippen molar-refractivity contribution in [3.8, 4) is 5.75 Å². The Morgan fingerprint density at radius 1 is 1.35 bits per heavy atom. The van der Waals surface area contributed by atoms with Crippen LogP contribution in [0, 0.1) is 0 Å². The van der Waals surface area contributed by atoms with Crippen molar-refractivity contribution >= 4 is 0 Å². The molecule has 2 aromatic rings. The number of aliphatic hydroxyl groups is 1. The molecule has 0 aliphatic carbocycles. The summed E-state index contributed by atoms with van der Waals surface area (Å²) in [5, 5.41) is 14.4. The van der Waals surface area contributed by atoms with Gasteiger partial charge in [-0.2, -0.15) is 5.10 Å². The molecular formula is C16H21N3O4. The molecule has 1 aromatic carbocycles. The van der Waals surface area contributed by atoms with Crippen LogP contribution in [0.25, 0.3) is 0 Å². The van der Waals surface area contributed by atoms with Crippen molar-refractivity contribution in [1.82, 2.24) is 14.3 Å². The lowest BCUT2D eigenvalue weighted by atomic mass is 10.0. The highest BCUT2D eigenvalue weighted by Crippen LogP contribution is 2.25. The molecule has 0 saturated carbocycles. The molecule has 1 aromatic heterocycles. The molecule has 2 atom stereocenters. The van der Waals surface area contributed by atoms with Crippen LogP contribution < -0.4 is 10.4 Å². The minimum Gasteiger partial charge on any atom is -0.497 e. The molecule has 0 radical (unpaired) electrons. The Hall–Kier alpha value is -2.12. The number of rotatable bonds is 5. The summed E-state index contributed by atoms with van der Waals surface area (Å²) >= 11 is 0. The van der Waals surface area contributed by atoms with Crippen LogP contribution in [0.1, 0.15) is 30.3 Å². The second kappa shape index (κ2) is 6.55. The fourth-order valence-electron chi connectivity index (χ4n) is 3.00. The van der Waals surface area contributed by atoms with E-state index in [0.717, 1.165) is 24.2 Å². The molecule has 124 valence electrons. The Balaban J connectivity index is 1.89. The molecule has 0 spiro atoms. The van der Waals surface area contributed by atoms with Gasteiger partial charge in [0.15, 0.2) is 6.29 Å². The van der Waals surface area contributed by atoms with Crippen LogP contribution in [0.15, 0.2) is 29.1 Å². The lowest BCUT2D eigenvalue weighted by Crippen LogP contribution is -2.37. The smallest absolute Gasteiger partial charge is 0.346 e. The molecule has 0 saturated heterocycles. The van der Waals surface area contributed by atoms with Crippen molar-refractivity contribution in [1.29, 1.82) is 0 Å². The number of aryl methyl sites for hydroxylation is 1. The van der Waals surface area contributed by atoms with Gasteiger partial charge in [-0.3, -0.25) is 4.57 Å². The van der Waals surface area contributed by atoms with Crippen LogP contribution in [0.4, 0.5) is 0 Å². The topological polar surface area (TPSA) is 78.5 Å². The highest BCUT2D eigenvalue weighted by molar-refractivity contribution is 5.27. The third-order valence-electron chi connectivity index (χ3n) is 4.24. The average molecular weight is 319 g/mol. The summed E-state index contributed by atoms with van der Waals surface area (Å²) in [7, 11) is 3.05. The monoisotopic (exact) mass is 319 g/mol. The maximum absolute atomic E-state index is 12.6. The standard InChI is InChI=1S/C16H21N3O4/c1-22-12-8-6-11(7-9-12)10-18-16(21)19-13(15(20)23-2)4-3-5-14(19)17-18/h6-9,13,15,20H,3-5,10H2,1-2H3. The molecule has 0 bridgehead atoms. The Kier molecular flexibility index (Phi) is 4.49. The number of hydrogen-bond donors (Lipinski definition) is 1. The molecule has 7 heteroatoms. The first-order valence-corrected chi connectivity index (χ1v) is 7.66. The molecule has 1 aliphatic rings. The molecule has 0 fully saturated rings. The lowest BCUT2D eigenvalue weighted by molar-refractivity contribution is -0.112. The van der Waals surface area contributed by atoms with Crippen LogP contribution in [0.5, 0.6) is 5.75 Å². The van der Waals surface area contributed by atoms with E-state index >= 15 is 0 Å². The van der Waals surface area contributed by atoms with E-state index in [9.17, 15) is 9.90 Å². The maximum Gasteiger partial charge on any atom is 0.346 e. The van der Waals surface area contributed by atoms with E-state index < -0.39 is 6.29 Å². The summed E-state index contributed by atoms with van der Waals surface area (Å²) in [6.45, 7) is 0.388. The minimum absolute atomic E-state index is 0.211. The van der Waals surface area contributed by atoms with Crippen LogP contribution in [0.3, 0.4) is 0 Å². The van der Waals surface area contributed by atoms with Crippen LogP contribution in [0.2, 0.25) is 0 Å². The predicted octanol–water partition coefficient (Wildman–Crippen LogP) is 0.944. The first-order chi connectivity index (χ1) is 11.1. The molecule has 1 aliphatic heterocycles. The Bertz CT molecular complexity index is 720. The van der Waals surface area contributed by atoms with E-state index in [1.807, 2.05) is 24.3 Å². The second-order valence-corrected chi connectivity index (χ2v) is 5.66. The zero-order valence-corrected chi connectivity index (χ0v) is 13.3. The summed E-state index contributed by atoms with van der Waals surface area (Å²) < 4.78 is 13.1. The van der Waals surface area contributed by atoms with Gasteiger partial charge < -0.3 is 14.6 Å².